The van der Waals surface area contributed by atoms with Crippen molar-refractivity contribution in [1.29, 1.82) is 0 Å². The first-order valence-corrected chi connectivity index (χ1v) is 6.77. The second-order valence-corrected chi connectivity index (χ2v) is 5.84. The zero-order chi connectivity index (χ0) is 13.9. The van der Waals surface area contributed by atoms with E-state index < -0.39 is 6.09 Å². The molecule has 2 rings (SSSR count). The van der Waals surface area contributed by atoms with Gasteiger partial charge in [-0.2, -0.15) is 0 Å². The van der Waals surface area contributed by atoms with Gasteiger partial charge in [-0.3, -0.25) is 10.2 Å². The predicted molar refractivity (Wildman–Crippen MR) is 74.8 cm³/mol. The number of benzene rings is 1. The summed E-state index contributed by atoms with van der Waals surface area (Å²) in [6, 6.07) is 10.1. The fraction of sp³-hybridized carbons (Fsp3) is 0.533. The lowest BCUT2D eigenvalue weighted by Crippen LogP contribution is -2.58. The molecule has 2 N–H and O–H groups in total. The van der Waals surface area contributed by atoms with Crippen LogP contribution in [0.15, 0.2) is 30.3 Å². The minimum atomic E-state index is -0.835. The van der Waals surface area contributed by atoms with E-state index in [2.05, 4.69) is 19.2 Å². The van der Waals surface area contributed by atoms with E-state index in [9.17, 15) is 9.90 Å². The normalized spacial score (nSPS) is 22.2. The zero-order valence-electron chi connectivity index (χ0n) is 11.6. The van der Waals surface area contributed by atoms with Crippen LogP contribution in [-0.4, -0.2) is 28.8 Å². The Morgan fingerprint density at radius 3 is 2.74 bits per heavy atom. The number of carboxylic acid groups (broad SMARTS) is 1. The van der Waals surface area contributed by atoms with Gasteiger partial charge in [0.2, 0.25) is 0 Å². The second kappa shape index (κ2) is 5.61. The first-order chi connectivity index (χ1) is 9.00. The lowest BCUT2D eigenvalue weighted by atomic mass is 9.80. The van der Waals surface area contributed by atoms with Crippen LogP contribution >= 0.6 is 0 Å². The van der Waals surface area contributed by atoms with Crippen LogP contribution in [0.25, 0.3) is 0 Å². The molecule has 0 aliphatic carbocycles. The average Bonchev–Trinajstić information content (AvgIpc) is 2.37. The van der Waals surface area contributed by atoms with E-state index in [4.69, 9.17) is 0 Å². The predicted octanol–water partition coefficient (Wildman–Crippen LogP) is 2.90. The van der Waals surface area contributed by atoms with Crippen molar-refractivity contribution in [3.63, 3.8) is 0 Å². The number of nitrogens with zero attached hydrogens (tertiary/aromatic N) is 1. The quantitative estimate of drug-likeness (QED) is 0.880. The second-order valence-electron chi connectivity index (χ2n) is 5.84. The van der Waals surface area contributed by atoms with Crippen LogP contribution in [0.5, 0.6) is 0 Å². The van der Waals surface area contributed by atoms with Gasteiger partial charge >= 0.3 is 6.09 Å². The van der Waals surface area contributed by atoms with E-state index in [-0.39, 0.29) is 11.6 Å². The number of rotatable bonds is 3. The van der Waals surface area contributed by atoms with Crippen LogP contribution in [0.2, 0.25) is 0 Å². The molecule has 0 spiro atoms. The highest BCUT2D eigenvalue weighted by molar-refractivity contribution is 5.65. The van der Waals surface area contributed by atoms with Gasteiger partial charge in [0.15, 0.2) is 0 Å². The van der Waals surface area contributed by atoms with Crippen molar-refractivity contribution in [3.05, 3.63) is 35.9 Å². The van der Waals surface area contributed by atoms with Crippen molar-refractivity contribution in [2.75, 3.05) is 6.54 Å². The maximum atomic E-state index is 11.3. The number of piperidine rings is 1. The molecule has 1 heterocycles. The molecular weight excluding hydrogens is 240 g/mol. The first-order valence-electron chi connectivity index (χ1n) is 6.77. The molecule has 4 heteroatoms. The minimum absolute atomic E-state index is 0.0363. The lowest BCUT2D eigenvalue weighted by Gasteiger charge is -2.45. The molecular formula is C15H22N2O2. The van der Waals surface area contributed by atoms with Crippen molar-refractivity contribution >= 4 is 6.09 Å². The summed E-state index contributed by atoms with van der Waals surface area (Å²) in [5.41, 5.74) is 1.14. The van der Waals surface area contributed by atoms with E-state index in [0.29, 0.717) is 13.1 Å². The Morgan fingerprint density at radius 2 is 2.11 bits per heavy atom. The van der Waals surface area contributed by atoms with Crippen LogP contribution in [0.1, 0.15) is 32.3 Å². The van der Waals surface area contributed by atoms with Gasteiger partial charge in [-0.1, -0.05) is 44.2 Å². The summed E-state index contributed by atoms with van der Waals surface area (Å²) in [6.07, 6.45) is 1.02. The SMILES string of the molecule is CC1(C)CCCN(C(=O)O)C1NCc1ccccc1. The van der Waals surface area contributed by atoms with E-state index >= 15 is 0 Å². The van der Waals surface area contributed by atoms with E-state index in [1.165, 1.54) is 10.5 Å². The van der Waals surface area contributed by atoms with Gasteiger partial charge in [0.05, 0.1) is 6.17 Å². The van der Waals surface area contributed by atoms with Crippen molar-refractivity contribution in [2.45, 2.75) is 39.4 Å². The molecule has 0 bridgehead atoms. The highest BCUT2D eigenvalue weighted by Gasteiger charge is 2.39. The molecule has 1 saturated heterocycles. The summed E-state index contributed by atoms with van der Waals surface area (Å²) in [7, 11) is 0. The summed E-state index contributed by atoms with van der Waals surface area (Å²) in [5, 5.41) is 12.7. The first kappa shape index (κ1) is 13.9. The Balaban J connectivity index is 2.07. The molecule has 1 aromatic rings. The third-order valence-corrected chi connectivity index (χ3v) is 3.86. The van der Waals surface area contributed by atoms with E-state index in [1.807, 2.05) is 30.3 Å². The Morgan fingerprint density at radius 1 is 1.42 bits per heavy atom. The Hall–Kier alpha value is -1.55. The number of carbonyl (C=O) groups is 1. The maximum Gasteiger partial charge on any atom is 0.408 e. The minimum Gasteiger partial charge on any atom is -0.465 e. The molecule has 1 aliphatic heterocycles. The Labute approximate surface area is 114 Å². The van der Waals surface area contributed by atoms with Crippen LogP contribution < -0.4 is 5.32 Å². The van der Waals surface area contributed by atoms with Crippen LogP contribution in [0, 0.1) is 5.41 Å². The Kier molecular flexibility index (Phi) is 4.10. The largest absolute Gasteiger partial charge is 0.465 e. The summed E-state index contributed by atoms with van der Waals surface area (Å²) >= 11 is 0. The summed E-state index contributed by atoms with van der Waals surface area (Å²) in [5.74, 6) is 0. The lowest BCUT2D eigenvalue weighted by molar-refractivity contribution is 0.0204. The molecule has 4 nitrogen and oxygen atoms in total. The summed E-state index contributed by atoms with van der Waals surface area (Å²) < 4.78 is 0. The molecule has 1 fully saturated rings. The Bertz CT molecular complexity index is 431. The van der Waals surface area contributed by atoms with Crippen molar-refractivity contribution in [3.8, 4) is 0 Å². The van der Waals surface area contributed by atoms with Gasteiger partial charge in [-0.25, -0.2) is 4.79 Å². The van der Waals surface area contributed by atoms with Gasteiger partial charge in [0.1, 0.15) is 0 Å². The molecule has 0 saturated carbocycles. The maximum absolute atomic E-state index is 11.3. The number of hydrogen-bond donors (Lipinski definition) is 2. The monoisotopic (exact) mass is 262 g/mol. The van der Waals surface area contributed by atoms with E-state index in [0.717, 1.165) is 12.8 Å². The van der Waals surface area contributed by atoms with Crippen LogP contribution in [0.3, 0.4) is 0 Å². The molecule has 1 atom stereocenters. The zero-order valence-corrected chi connectivity index (χ0v) is 11.6. The van der Waals surface area contributed by atoms with Gasteiger partial charge in [0.25, 0.3) is 0 Å². The van der Waals surface area contributed by atoms with Gasteiger partial charge < -0.3 is 5.11 Å². The molecule has 0 aromatic heterocycles. The van der Waals surface area contributed by atoms with Gasteiger partial charge in [-0.15, -0.1) is 0 Å². The molecule has 1 aromatic carbocycles. The van der Waals surface area contributed by atoms with Crippen molar-refractivity contribution < 1.29 is 9.90 Å². The van der Waals surface area contributed by atoms with E-state index in [1.54, 1.807) is 0 Å². The third-order valence-electron chi connectivity index (χ3n) is 3.86. The summed E-state index contributed by atoms with van der Waals surface area (Å²) in [4.78, 5) is 12.9. The van der Waals surface area contributed by atoms with Crippen LogP contribution in [0.4, 0.5) is 4.79 Å². The fourth-order valence-electron chi connectivity index (χ4n) is 2.80. The highest BCUT2D eigenvalue weighted by atomic mass is 16.4. The summed E-state index contributed by atoms with van der Waals surface area (Å²) in [6.45, 7) is 5.57. The number of amides is 1. The number of likely N-dealkylation sites (tertiary alicyclic amines) is 1. The average molecular weight is 262 g/mol. The highest BCUT2D eigenvalue weighted by Crippen LogP contribution is 2.33. The van der Waals surface area contributed by atoms with Gasteiger partial charge in [-0.05, 0) is 23.8 Å². The van der Waals surface area contributed by atoms with Crippen molar-refractivity contribution in [1.82, 2.24) is 10.2 Å². The smallest absolute Gasteiger partial charge is 0.408 e. The topological polar surface area (TPSA) is 52.6 Å². The molecule has 19 heavy (non-hydrogen) atoms. The van der Waals surface area contributed by atoms with Crippen LogP contribution in [-0.2, 0) is 6.54 Å². The number of hydrogen-bond acceptors (Lipinski definition) is 2. The number of nitrogens with one attached hydrogen (secondary N) is 1. The molecule has 1 amide bonds. The fourth-order valence-corrected chi connectivity index (χ4v) is 2.80. The van der Waals surface area contributed by atoms with Crippen molar-refractivity contribution in [2.24, 2.45) is 5.41 Å². The molecule has 1 aliphatic rings. The molecule has 104 valence electrons. The van der Waals surface area contributed by atoms with Gasteiger partial charge in [0, 0.05) is 13.1 Å². The molecule has 0 radical (unpaired) electrons. The standard InChI is InChI=1S/C15H22N2O2/c1-15(2)9-6-10-17(14(18)19)13(15)16-11-12-7-4-3-5-8-12/h3-5,7-8,13,16H,6,9-11H2,1-2H3,(H,18,19). The third kappa shape index (κ3) is 3.26. The molecule has 1 unspecified atom stereocenters.